The molecule has 0 bridgehead atoms. The number of nitrogens with one attached hydrogen (secondary N) is 2. The molecule has 4 nitrogen and oxygen atoms in total. The quantitative estimate of drug-likeness (QED) is 0.783. The van der Waals surface area contributed by atoms with E-state index < -0.39 is 0 Å². The molecule has 0 atom stereocenters. The van der Waals surface area contributed by atoms with E-state index in [9.17, 15) is 4.79 Å². The molecule has 94 valence electrons. The van der Waals surface area contributed by atoms with Gasteiger partial charge in [0, 0.05) is 23.2 Å². The number of nitrogens with zero attached hydrogens (tertiary/aromatic N) is 1. The Morgan fingerprint density at radius 3 is 2.53 bits per heavy atom. The van der Waals surface area contributed by atoms with Crippen molar-refractivity contribution in [3.05, 3.63) is 28.7 Å². The second-order valence-electron chi connectivity index (χ2n) is 4.04. The Bertz CT molecular complexity index is 351. The van der Waals surface area contributed by atoms with Gasteiger partial charge in [-0.1, -0.05) is 15.9 Å². The number of amides is 1. The summed E-state index contributed by atoms with van der Waals surface area (Å²) in [6, 6.07) is 7.52. The second-order valence-corrected chi connectivity index (χ2v) is 4.95. The Hall–Kier alpha value is -0.910. The standard InChI is InChI=1S/C12H18BrN3O/c1-16(2)8-7-14-9-12(17)15-11-5-3-10(13)4-6-11/h3-6,14H,7-9H2,1-2H3,(H,15,17). The predicted octanol–water partition coefficient (Wildman–Crippen LogP) is 1.54. The van der Waals surface area contributed by atoms with Crippen LogP contribution in [0.5, 0.6) is 0 Å². The Balaban J connectivity index is 2.23. The van der Waals surface area contributed by atoms with Crippen molar-refractivity contribution < 1.29 is 4.79 Å². The summed E-state index contributed by atoms with van der Waals surface area (Å²) in [5.74, 6) is -0.0221. The van der Waals surface area contributed by atoms with Gasteiger partial charge in [0.1, 0.15) is 0 Å². The van der Waals surface area contributed by atoms with Crippen molar-refractivity contribution in [3.8, 4) is 0 Å². The fraction of sp³-hybridized carbons (Fsp3) is 0.417. The first-order valence-electron chi connectivity index (χ1n) is 5.49. The first kappa shape index (κ1) is 14.2. The number of carbonyl (C=O) groups is 1. The minimum absolute atomic E-state index is 0.0221. The van der Waals surface area contributed by atoms with E-state index in [4.69, 9.17) is 0 Å². The zero-order valence-electron chi connectivity index (χ0n) is 10.2. The summed E-state index contributed by atoms with van der Waals surface area (Å²) in [6.45, 7) is 2.07. The molecule has 17 heavy (non-hydrogen) atoms. The van der Waals surface area contributed by atoms with Gasteiger partial charge in [0.15, 0.2) is 0 Å². The van der Waals surface area contributed by atoms with Crippen LogP contribution in [0.1, 0.15) is 0 Å². The van der Waals surface area contributed by atoms with Crippen LogP contribution >= 0.6 is 15.9 Å². The maximum atomic E-state index is 11.5. The molecule has 0 fully saturated rings. The lowest BCUT2D eigenvalue weighted by atomic mass is 10.3. The zero-order chi connectivity index (χ0) is 12.7. The number of anilines is 1. The molecule has 1 aromatic rings. The molecule has 0 saturated carbocycles. The molecule has 2 N–H and O–H groups in total. The van der Waals surface area contributed by atoms with Crippen LogP contribution in [0.4, 0.5) is 5.69 Å². The Kier molecular flexibility index (Phi) is 6.18. The van der Waals surface area contributed by atoms with Crippen molar-refractivity contribution in [2.24, 2.45) is 0 Å². The Morgan fingerprint density at radius 2 is 1.94 bits per heavy atom. The first-order chi connectivity index (χ1) is 8.08. The number of halogens is 1. The molecular formula is C12H18BrN3O. The van der Waals surface area contributed by atoms with Crippen LogP contribution in [0.2, 0.25) is 0 Å². The monoisotopic (exact) mass is 299 g/mol. The third kappa shape index (κ3) is 6.41. The summed E-state index contributed by atoms with van der Waals surface area (Å²) in [4.78, 5) is 13.6. The topological polar surface area (TPSA) is 44.4 Å². The van der Waals surface area contributed by atoms with Crippen molar-refractivity contribution in [1.82, 2.24) is 10.2 Å². The lowest BCUT2D eigenvalue weighted by Crippen LogP contribution is -2.33. The maximum absolute atomic E-state index is 11.5. The molecule has 0 aliphatic rings. The fourth-order valence-corrected chi connectivity index (χ4v) is 1.51. The van der Waals surface area contributed by atoms with E-state index >= 15 is 0 Å². The molecule has 0 aliphatic heterocycles. The van der Waals surface area contributed by atoms with Gasteiger partial charge in [-0.2, -0.15) is 0 Å². The highest BCUT2D eigenvalue weighted by molar-refractivity contribution is 9.10. The lowest BCUT2D eigenvalue weighted by molar-refractivity contribution is -0.115. The summed E-state index contributed by atoms with van der Waals surface area (Å²) in [6.07, 6.45) is 0. The summed E-state index contributed by atoms with van der Waals surface area (Å²) in [5, 5.41) is 5.91. The van der Waals surface area contributed by atoms with E-state index in [1.54, 1.807) is 0 Å². The molecule has 0 heterocycles. The summed E-state index contributed by atoms with van der Waals surface area (Å²) in [7, 11) is 4.01. The molecule has 0 aromatic heterocycles. The lowest BCUT2D eigenvalue weighted by Gasteiger charge is -2.10. The number of hydrogen-bond acceptors (Lipinski definition) is 3. The largest absolute Gasteiger partial charge is 0.325 e. The van der Waals surface area contributed by atoms with Crippen LogP contribution in [-0.2, 0) is 4.79 Å². The summed E-state index contributed by atoms with van der Waals surface area (Å²) >= 11 is 3.35. The van der Waals surface area contributed by atoms with Gasteiger partial charge in [0.25, 0.3) is 0 Å². The predicted molar refractivity (Wildman–Crippen MR) is 74.2 cm³/mol. The molecule has 0 unspecified atom stereocenters. The number of likely N-dealkylation sites (N-methyl/N-ethyl adjacent to an activating group) is 1. The smallest absolute Gasteiger partial charge is 0.238 e. The average Bonchev–Trinajstić information content (AvgIpc) is 2.27. The summed E-state index contributed by atoms with van der Waals surface area (Å²) < 4.78 is 1.000. The van der Waals surface area contributed by atoms with Crippen LogP contribution in [0.25, 0.3) is 0 Å². The molecule has 0 radical (unpaired) electrons. The van der Waals surface area contributed by atoms with Crippen molar-refractivity contribution in [3.63, 3.8) is 0 Å². The zero-order valence-corrected chi connectivity index (χ0v) is 11.8. The highest BCUT2D eigenvalue weighted by Gasteiger charge is 2.01. The van der Waals surface area contributed by atoms with Crippen molar-refractivity contribution in [2.75, 3.05) is 39.0 Å². The SMILES string of the molecule is CN(C)CCNCC(=O)Nc1ccc(Br)cc1. The van der Waals surface area contributed by atoms with E-state index in [1.165, 1.54) is 0 Å². The molecule has 1 aromatic carbocycles. The molecule has 0 aliphatic carbocycles. The Morgan fingerprint density at radius 1 is 1.29 bits per heavy atom. The van der Waals surface area contributed by atoms with E-state index in [0.29, 0.717) is 6.54 Å². The molecule has 5 heteroatoms. The van der Waals surface area contributed by atoms with Crippen molar-refractivity contribution in [1.29, 1.82) is 0 Å². The van der Waals surface area contributed by atoms with Crippen LogP contribution in [-0.4, -0.2) is 44.5 Å². The minimum Gasteiger partial charge on any atom is -0.325 e. The first-order valence-corrected chi connectivity index (χ1v) is 6.28. The van der Waals surface area contributed by atoms with Crippen LogP contribution in [0.3, 0.4) is 0 Å². The van der Waals surface area contributed by atoms with E-state index in [-0.39, 0.29) is 5.91 Å². The fourth-order valence-electron chi connectivity index (χ4n) is 1.24. The second kappa shape index (κ2) is 7.42. The molecule has 0 spiro atoms. The van der Waals surface area contributed by atoms with Crippen LogP contribution in [0.15, 0.2) is 28.7 Å². The van der Waals surface area contributed by atoms with Gasteiger partial charge in [-0.15, -0.1) is 0 Å². The Labute approximate surface area is 111 Å². The normalized spacial score (nSPS) is 10.6. The number of carbonyl (C=O) groups excluding carboxylic acids is 1. The van der Waals surface area contributed by atoms with E-state index in [0.717, 1.165) is 23.2 Å². The molecule has 1 rings (SSSR count). The van der Waals surface area contributed by atoms with Gasteiger partial charge in [-0.3, -0.25) is 4.79 Å². The van der Waals surface area contributed by atoms with Gasteiger partial charge in [-0.25, -0.2) is 0 Å². The van der Waals surface area contributed by atoms with Crippen molar-refractivity contribution in [2.45, 2.75) is 0 Å². The van der Waals surface area contributed by atoms with Crippen LogP contribution in [0, 0.1) is 0 Å². The van der Waals surface area contributed by atoms with Gasteiger partial charge in [0.2, 0.25) is 5.91 Å². The number of rotatable bonds is 6. The van der Waals surface area contributed by atoms with Gasteiger partial charge in [-0.05, 0) is 38.4 Å². The van der Waals surface area contributed by atoms with Crippen LogP contribution < -0.4 is 10.6 Å². The third-order valence-corrected chi connectivity index (χ3v) is 2.68. The molecule has 0 saturated heterocycles. The van der Waals surface area contributed by atoms with E-state index in [1.807, 2.05) is 38.4 Å². The van der Waals surface area contributed by atoms with Gasteiger partial charge >= 0.3 is 0 Å². The summed E-state index contributed by atoms with van der Waals surface area (Å²) in [5.41, 5.74) is 0.813. The van der Waals surface area contributed by atoms with Crippen molar-refractivity contribution >= 4 is 27.5 Å². The molecule has 1 amide bonds. The average molecular weight is 300 g/mol. The van der Waals surface area contributed by atoms with Gasteiger partial charge < -0.3 is 15.5 Å². The highest BCUT2D eigenvalue weighted by atomic mass is 79.9. The molecular weight excluding hydrogens is 282 g/mol. The maximum Gasteiger partial charge on any atom is 0.238 e. The highest BCUT2D eigenvalue weighted by Crippen LogP contribution is 2.13. The minimum atomic E-state index is -0.0221. The van der Waals surface area contributed by atoms with E-state index in [2.05, 4.69) is 31.5 Å². The van der Waals surface area contributed by atoms with Gasteiger partial charge in [0.05, 0.1) is 6.54 Å². The number of benzene rings is 1. The third-order valence-electron chi connectivity index (χ3n) is 2.15. The number of hydrogen-bond donors (Lipinski definition) is 2.